The van der Waals surface area contributed by atoms with Gasteiger partial charge in [-0.3, -0.25) is 10.1 Å². The van der Waals surface area contributed by atoms with Crippen molar-refractivity contribution in [3.05, 3.63) is 39.4 Å². The molecule has 0 unspecified atom stereocenters. The van der Waals surface area contributed by atoms with Crippen LogP contribution in [0.15, 0.2) is 18.2 Å². The van der Waals surface area contributed by atoms with E-state index in [9.17, 15) is 14.9 Å². The summed E-state index contributed by atoms with van der Waals surface area (Å²) in [6, 6.07) is 4.67. The van der Waals surface area contributed by atoms with Gasteiger partial charge in [0.2, 0.25) is 0 Å². The van der Waals surface area contributed by atoms with E-state index in [2.05, 4.69) is 0 Å². The van der Waals surface area contributed by atoms with Crippen LogP contribution in [-0.4, -0.2) is 22.6 Å². The monoisotopic (exact) mass is 225 g/mol. The number of hydrogen-bond acceptors (Lipinski definition) is 4. The molecular weight excluding hydrogens is 214 g/mol. The van der Waals surface area contributed by atoms with Crippen LogP contribution in [0.1, 0.15) is 11.1 Å². The van der Waals surface area contributed by atoms with Crippen LogP contribution in [0.2, 0.25) is 0 Å². The quantitative estimate of drug-likeness (QED) is 0.605. The van der Waals surface area contributed by atoms with Crippen molar-refractivity contribution in [3.63, 3.8) is 0 Å². The van der Waals surface area contributed by atoms with Crippen molar-refractivity contribution in [2.24, 2.45) is 0 Å². The van der Waals surface area contributed by atoms with Crippen molar-refractivity contribution >= 4 is 11.7 Å². The Morgan fingerprint density at radius 3 is 2.81 bits per heavy atom. The maximum atomic E-state index is 10.6. The Bertz CT molecular complexity index is 416. The molecule has 16 heavy (non-hydrogen) atoms. The minimum atomic E-state index is -1.07. The van der Waals surface area contributed by atoms with Crippen molar-refractivity contribution in [3.8, 4) is 0 Å². The number of aliphatic carboxylic acids is 1. The minimum absolute atomic E-state index is 0.0106. The fraction of sp³-hybridized carbons (Fsp3) is 0.300. The summed E-state index contributed by atoms with van der Waals surface area (Å²) >= 11 is 0. The van der Waals surface area contributed by atoms with E-state index in [4.69, 9.17) is 9.84 Å². The molecule has 0 bridgehead atoms. The smallest absolute Gasteiger partial charge is 0.329 e. The zero-order chi connectivity index (χ0) is 12.1. The average Bonchev–Trinajstić information content (AvgIpc) is 2.19. The molecule has 0 atom stereocenters. The highest BCUT2D eigenvalue weighted by Gasteiger charge is 2.10. The highest BCUT2D eigenvalue weighted by Crippen LogP contribution is 2.19. The topological polar surface area (TPSA) is 89.7 Å². The number of carbonyl (C=O) groups is 1. The van der Waals surface area contributed by atoms with Crippen LogP contribution in [0.4, 0.5) is 5.69 Å². The Kier molecular flexibility index (Phi) is 3.96. The lowest BCUT2D eigenvalue weighted by Crippen LogP contribution is -2.06. The van der Waals surface area contributed by atoms with Crippen molar-refractivity contribution in [2.45, 2.75) is 13.5 Å². The molecule has 0 aliphatic carbocycles. The zero-order valence-corrected chi connectivity index (χ0v) is 8.67. The normalized spacial score (nSPS) is 10.1. The van der Waals surface area contributed by atoms with Crippen molar-refractivity contribution < 1.29 is 19.6 Å². The number of carboxylic acid groups (broad SMARTS) is 1. The zero-order valence-electron chi connectivity index (χ0n) is 8.67. The number of nitrogens with zero attached hydrogens (tertiary/aromatic N) is 1. The van der Waals surface area contributed by atoms with Crippen molar-refractivity contribution in [2.75, 3.05) is 6.61 Å². The molecule has 0 fully saturated rings. The fourth-order valence-electron chi connectivity index (χ4n) is 1.20. The van der Waals surface area contributed by atoms with E-state index >= 15 is 0 Å². The summed E-state index contributed by atoms with van der Waals surface area (Å²) in [5.74, 6) is -1.07. The SMILES string of the molecule is Cc1ccc(COCC(=O)O)cc1[N+](=O)[O-]. The Morgan fingerprint density at radius 2 is 2.25 bits per heavy atom. The maximum absolute atomic E-state index is 10.6. The summed E-state index contributed by atoms with van der Waals surface area (Å²) in [6.45, 7) is 1.27. The van der Waals surface area contributed by atoms with Crippen LogP contribution in [0.25, 0.3) is 0 Å². The van der Waals surface area contributed by atoms with Crippen LogP contribution >= 0.6 is 0 Å². The summed E-state index contributed by atoms with van der Waals surface area (Å²) in [6.07, 6.45) is 0. The van der Waals surface area contributed by atoms with E-state index in [1.807, 2.05) is 0 Å². The predicted octanol–water partition coefficient (Wildman–Crippen LogP) is 1.50. The molecule has 1 N–H and O–H groups in total. The van der Waals surface area contributed by atoms with Gasteiger partial charge in [0.15, 0.2) is 0 Å². The second kappa shape index (κ2) is 5.22. The number of ether oxygens (including phenoxy) is 1. The van der Waals surface area contributed by atoms with Crippen molar-refractivity contribution in [1.82, 2.24) is 0 Å². The van der Waals surface area contributed by atoms with Crippen LogP contribution in [0.3, 0.4) is 0 Å². The third-order valence-electron chi connectivity index (χ3n) is 1.96. The Balaban J connectivity index is 2.71. The van der Waals surface area contributed by atoms with E-state index in [0.717, 1.165) is 0 Å². The summed E-state index contributed by atoms with van der Waals surface area (Å²) in [4.78, 5) is 20.3. The van der Waals surface area contributed by atoms with Crippen LogP contribution in [0.5, 0.6) is 0 Å². The van der Waals surface area contributed by atoms with Crippen LogP contribution < -0.4 is 0 Å². The van der Waals surface area contributed by atoms with Gasteiger partial charge in [0.1, 0.15) is 6.61 Å². The first-order valence-corrected chi connectivity index (χ1v) is 4.54. The molecule has 6 nitrogen and oxygen atoms in total. The largest absolute Gasteiger partial charge is 0.480 e. The van der Waals surface area contributed by atoms with Gasteiger partial charge < -0.3 is 9.84 Å². The van der Waals surface area contributed by atoms with Gasteiger partial charge in [-0.2, -0.15) is 0 Å². The maximum Gasteiger partial charge on any atom is 0.329 e. The number of carboxylic acids is 1. The van der Waals surface area contributed by atoms with Gasteiger partial charge in [0.05, 0.1) is 11.5 Å². The summed E-state index contributed by atoms with van der Waals surface area (Å²) in [5.41, 5.74) is 1.15. The molecule has 0 saturated carbocycles. The first-order valence-electron chi connectivity index (χ1n) is 4.54. The Labute approximate surface area is 91.6 Å². The molecule has 1 aromatic carbocycles. The third-order valence-corrected chi connectivity index (χ3v) is 1.96. The molecule has 1 aromatic rings. The average molecular weight is 225 g/mol. The van der Waals surface area contributed by atoms with E-state index < -0.39 is 17.5 Å². The summed E-state index contributed by atoms with van der Waals surface area (Å²) < 4.78 is 4.83. The number of rotatable bonds is 5. The number of aryl methyl sites for hydroxylation is 1. The molecule has 0 aliphatic rings. The van der Waals surface area contributed by atoms with E-state index in [1.54, 1.807) is 19.1 Å². The van der Waals surface area contributed by atoms with Gasteiger partial charge in [-0.15, -0.1) is 0 Å². The summed E-state index contributed by atoms with van der Waals surface area (Å²) in [5, 5.41) is 19.0. The van der Waals surface area contributed by atoms with Crippen LogP contribution in [-0.2, 0) is 16.1 Å². The molecule has 0 spiro atoms. The molecule has 0 amide bonds. The first-order chi connectivity index (χ1) is 7.50. The summed E-state index contributed by atoms with van der Waals surface area (Å²) in [7, 11) is 0. The lowest BCUT2D eigenvalue weighted by atomic mass is 10.1. The number of nitro groups is 1. The predicted molar refractivity (Wildman–Crippen MR) is 55.1 cm³/mol. The van der Waals surface area contributed by atoms with E-state index in [1.165, 1.54) is 6.07 Å². The molecule has 1 rings (SSSR count). The fourth-order valence-corrected chi connectivity index (χ4v) is 1.20. The highest BCUT2D eigenvalue weighted by molar-refractivity contribution is 5.68. The molecule has 0 radical (unpaired) electrons. The van der Waals surface area contributed by atoms with Gasteiger partial charge >= 0.3 is 5.97 Å². The molecule has 6 heteroatoms. The molecular formula is C10H11NO5. The van der Waals surface area contributed by atoms with E-state index in [-0.39, 0.29) is 12.3 Å². The number of nitro benzene ring substituents is 1. The second-order valence-corrected chi connectivity index (χ2v) is 3.26. The highest BCUT2D eigenvalue weighted by atomic mass is 16.6. The first kappa shape index (κ1) is 12.1. The van der Waals surface area contributed by atoms with Gasteiger partial charge in [-0.05, 0) is 12.5 Å². The van der Waals surface area contributed by atoms with Gasteiger partial charge in [-0.25, -0.2) is 4.79 Å². The van der Waals surface area contributed by atoms with E-state index in [0.29, 0.717) is 11.1 Å². The molecule has 0 saturated heterocycles. The second-order valence-electron chi connectivity index (χ2n) is 3.26. The van der Waals surface area contributed by atoms with Gasteiger partial charge in [-0.1, -0.05) is 12.1 Å². The van der Waals surface area contributed by atoms with Gasteiger partial charge in [0, 0.05) is 11.6 Å². The van der Waals surface area contributed by atoms with Crippen LogP contribution in [0, 0.1) is 17.0 Å². The van der Waals surface area contributed by atoms with Gasteiger partial charge in [0.25, 0.3) is 5.69 Å². The van der Waals surface area contributed by atoms with Crippen molar-refractivity contribution in [1.29, 1.82) is 0 Å². The molecule has 86 valence electrons. The standard InChI is InChI=1S/C10H11NO5/c1-7-2-3-8(4-9(7)11(14)15)5-16-6-10(12)13/h2-4H,5-6H2,1H3,(H,12,13). The molecule has 0 heterocycles. The lowest BCUT2D eigenvalue weighted by molar-refractivity contribution is -0.385. The Morgan fingerprint density at radius 1 is 1.56 bits per heavy atom. The number of benzene rings is 1. The molecule has 0 aromatic heterocycles. The number of hydrogen-bond donors (Lipinski definition) is 1. The lowest BCUT2D eigenvalue weighted by Gasteiger charge is -2.03. The Hall–Kier alpha value is -1.95. The third kappa shape index (κ3) is 3.32. The minimum Gasteiger partial charge on any atom is -0.480 e. The molecule has 0 aliphatic heterocycles.